The molecule has 1 aliphatic carbocycles. The first kappa shape index (κ1) is 29.2. The zero-order valence-corrected chi connectivity index (χ0v) is 27.5. The minimum atomic E-state index is -0.341. The summed E-state index contributed by atoms with van der Waals surface area (Å²) < 4.78 is 6.92. The highest BCUT2D eigenvalue weighted by Crippen LogP contribution is 2.54. The number of carbonyl (C=O) groups excluding carboxylic acids is 1. The van der Waals surface area contributed by atoms with E-state index in [2.05, 4.69) is 116 Å². The zero-order chi connectivity index (χ0) is 32.1. The van der Waals surface area contributed by atoms with Gasteiger partial charge in [-0.25, -0.2) is 9.78 Å². The van der Waals surface area contributed by atoms with Crippen LogP contribution < -0.4 is 4.90 Å². The first-order chi connectivity index (χ1) is 23.0. The Morgan fingerprint density at radius 1 is 0.745 bits per heavy atom. The number of allylic oxidation sites excluding steroid dienone is 1. The highest BCUT2D eigenvalue weighted by atomic mass is 32.1. The second kappa shape index (κ2) is 11.5. The van der Waals surface area contributed by atoms with Crippen molar-refractivity contribution in [3.8, 4) is 11.1 Å². The number of esters is 1. The van der Waals surface area contributed by atoms with E-state index < -0.39 is 0 Å². The predicted molar refractivity (Wildman–Crippen MR) is 194 cm³/mol. The van der Waals surface area contributed by atoms with Gasteiger partial charge >= 0.3 is 5.97 Å². The second-order valence-electron chi connectivity index (χ2n) is 12.2. The summed E-state index contributed by atoms with van der Waals surface area (Å²) in [6, 6.07) is 42.7. The highest BCUT2D eigenvalue weighted by molar-refractivity contribution is 7.19. The minimum Gasteiger partial charge on any atom is -0.423 e. The van der Waals surface area contributed by atoms with E-state index in [1.54, 1.807) is 0 Å². The van der Waals surface area contributed by atoms with Crippen molar-refractivity contribution in [1.82, 2.24) is 4.98 Å². The van der Waals surface area contributed by atoms with Crippen LogP contribution in [-0.2, 0) is 14.9 Å². The third kappa shape index (κ3) is 4.73. The molecule has 0 bridgehead atoms. The SMILES string of the molecule is CCC1(CC)c2cc(/C=C3/OC(=O)C(c4nc5ccccc5s4)=C3C)ccc2-c2ccc(N(c3ccccc3)c3ccccc3)cc21. The van der Waals surface area contributed by atoms with Crippen molar-refractivity contribution < 1.29 is 9.53 Å². The molecular formula is C42H34N2O2S. The predicted octanol–water partition coefficient (Wildman–Crippen LogP) is 11.2. The maximum atomic E-state index is 13.1. The van der Waals surface area contributed by atoms with Crippen LogP contribution >= 0.6 is 11.3 Å². The summed E-state index contributed by atoms with van der Waals surface area (Å²) >= 11 is 1.52. The van der Waals surface area contributed by atoms with Gasteiger partial charge in [0.15, 0.2) is 0 Å². The molecule has 1 aliphatic heterocycles. The number of fused-ring (bicyclic) bond motifs is 4. The third-order valence-electron chi connectivity index (χ3n) is 9.82. The minimum absolute atomic E-state index is 0.141. The summed E-state index contributed by atoms with van der Waals surface area (Å²) in [5, 5.41) is 0.702. The van der Waals surface area contributed by atoms with Crippen LogP contribution in [0.2, 0.25) is 0 Å². The first-order valence-corrected chi connectivity index (χ1v) is 17.0. The van der Waals surface area contributed by atoms with Crippen LogP contribution in [0.4, 0.5) is 17.1 Å². The Kier molecular flexibility index (Phi) is 7.15. The van der Waals surface area contributed by atoms with Crippen LogP contribution in [0.3, 0.4) is 0 Å². The van der Waals surface area contributed by atoms with Gasteiger partial charge < -0.3 is 9.64 Å². The van der Waals surface area contributed by atoms with E-state index in [9.17, 15) is 4.79 Å². The molecule has 0 saturated carbocycles. The summed E-state index contributed by atoms with van der Waals surface area (Å²) in [4.78, 5) is 20.2. The summed E-state index contributed by atoms with van der Waals surface area (Å²) in [5.41, 5.74) is 11.8. The van der Waals surface area contributed by atoms with Crippen molar-refractivity contribution in [2.45, 2.75) is 39.0 Å². The fourth-order valence-corrected chi connectivity index (χ4v) is 8.42. The average Bonchev–Trinajstić information content (AvgIpc) is 3.74. The number of thiazole rings is 1. The molecule has 0 N–H and O–H groups in total. The van der Waals surface area contributed by atoms with Crippen molar-refractivity contribution in [2.75, 3.05) is 4.90 Å². The molecule has 230 valence electrons. The molecule has 0 amide bonds. The van der Waals surface area contributed by atoms with Gasteiger partial charge in [0.25, 0.3) is 0 Å². The summed E-state index contributed by atoms with van der Waals surface area (Å²) in [7, 11) is 0. The number of nitrogens with zero attached hydrogens (tertiary/aromatic N) is 2. The standard InChI is InChI=1S/C42H34N2O2S/c1-4-42(5-2)34-24-28(25-37-27(3)39(41(45)46-37)40-43-36-18-12-13-19-38(36)47-40)20-22-32(34)33-23-21-31(26-35(33)42)44(29-14-8-6-9-15-29)30-16-10-7-11-17-30/h6-26H,4-5H2,1-3H3/b37-25+. The van der Waals surface area contributed by atoms with E-state index in [1.807, 2.05) is 37.3 Å². The molecule has 6 aromatic rings. The molecular weight excluding hydrogens is 597 g/mol. The molecule has 0 atom stereocenters. The van der Waals surface area contributed by atoms with E-state index in [1.165, 1.54) is 33.6 Å². The lowest BCUT2D eigenvalue weighted by Crippen LogP contribution is -2.23. The van der Waals surface area contributed by atoms with Gasteiger partial charge in [-0.15, -0.1) is 11.3 Å². The second-order valence-corrected chi connectivity index (χ2v) is 13.2. The topological polar surface area (TPSA) is 42.4 Å². The largest absolute Gasteiger partial charge is 0.423 e. The molecule has 0 saturated heterocycles. The lowest BCUT2D eigenvalue weighted by atomic mass is 9.73. The van der Waals surface area contributed by atoms with Crippen molar-refractivity contribution >= 4 is 56.2 Å². The Morgan fingerprint density at radius 2 is 1.36 bits per heavy atom. The molecule has 1 aromatic heterocycles. The Balaban J connectivity index is 1.20. The summed E-state index contributed by atoms with van der Waals surface area (Å²) in [6.45, 7) is 6.54. The molecule has 47 heavy (non-hydrogen) atoms. The number of benzene rings is 5. The Labute approximate surface area is 279 Å². The van der Waals surface area contributed by atoms with Gasteiger partial charge in [0.05, 0.1) is 10.2 Å². The number of cyclic esters (lactones) is 1. The normalized spacial score (nSPS) is 15.6. The average molecular weight is 631 g/mol. The first-order valence-electron chi connectivity index (χ1n) is 16.2. The number of ether oxygens (including phenoxy) is 1. The van der Waals surface area contributed by atoms with Gasteiger partial charge in [0.1, 0.15) is 16.3 Å². The highest BCUT2D eigenvalue weighted by Gasteiger charge is 2.41. The molecule has 0 unspecified atom stereocenters. The fraction of sp³-hybridized carbons (Fsp3) is 0.143. The third-order valence-corrected chi connectivity index (χ3v) is 10.9. The van der Waals surface area contributed by atoms with Crippen molar-refractivity contribution in [3.63, 3.8) is 0 Å². The number of hydrogen-bond acceptors (Lipinski definition) is 5. The fourth-order valence-electron chi connectivity index (χ4n) is 7.36. The number of anilines is 3. The van der Waals surface area contributed by atoms with E-state index in [0.717, 1.165) is 51.3 Å². The Morgan fingerprint density at radius 3 is 2.02 bits per heavy atom. The lowest BCUT2D eigenvalue weighted by molar-refractivity contribution is -0.131. The van der Waals surface area contributed by atoms with Crippen LogP contribution in [0.5, 0.6) is 0 Å². The number of carbonyl (C=O) groups is 1. The monoisotopic (exact) mass is 630 g/mol. The molecule has 5 aromatic carbocycles. The quantitative estimate of drug-likeness (QED) is 0.165. The number of rotatable bonds is 7. The number of aromatic nitrogens is 1. The number of hydrogen-bond donors (Lipinski definition) is 0. The van der Waals surface area contributed by atoms with Crippen molar-refractivity contribution in [3.05, 3.63) is 154 Å². The van der Waals surface area contributed by atoms with Gasteiger partial charge in [0.2, 0.25) is 0 Å². The maximum Gasteiger partial charge on any atom is 0.347 e. The van der Waals surface area contributed by atoms with Gasteiger partial charge in [0, 0.05) is 28.1 Å². The van der Waals surface area contributed by atoms with Crippen LogP contribution in [0.15, 0.2) is 133 Å². The molecule has 4 nitrogen and oxygen atoms in total. The molecule has 0 radical (unpaired) electrons. The van der Waals surface area contributed by atoms with Crippen LogP contribution in [0, 0.1) is 0 Å². The number of para-hydroxylation sites is 3. The lowest BCUT2D eigenvalue weighted by Gasteiger charge is -2.32. The molecule has 2 aliphatic rings. The molecule has 2 heterocycles. The van der Waals surface area contributed by atoms with Crippen LogP contribution in [0.1, 0.15) is 55.3 Å². The molecule has 8 rings (SSSR count). The van der Waals surface area contributed by atoms with E-state index in [-0.39, 0.29) is 11.4 Å². The summed E-state index contributed by atoms with van der Waals surface area (Å²) in [6.07, 6.45) is 3.95. The van der Waals surface area contributed by atoms with Crippen molar-refractivity contribution in [1.29, 1.82) is 0 Å². The van der Waals surface area contributed by atoms with Crippen LogP contribution in [0.25, 0.3) is 33.0 Å². The van der Waals surface area contributed by atoms with E-state index >= 15 is 0 Å². The van der Waals surface area contributed by atoms with Crippen molar-refractivity contribution in [2.24, 2.45) is 0 Å². The zero-order valence-electron chi connectivity index (χ0n) is 26.7. The maximum absolute atomic E-state index is 13.1. The van der Waals surface area contributed by atoms with Gasteiger partial charge in [-0.3, -0.25) is 0 Å². The Bertz CT molecular complexity index is 2150. The van der Waals surface area contributed by atoms with E-state index in [0.29, 0.717) is 16.3 Å². The van der Waals surface area contributed by atoms with Gasteiger partial charge in [-0.2, -0.15) is 0 Å². The Hall–Kier alpha value is -5.26. The van der Waals surface area contributed by atoms with Crippen LogP contribution in [-0.4, -0.2) is 11.0 Å². The van der Waals surface area contributed by atoms with Gasteiger partial charge in [-0.05, 0) is 102 Å². The molecule has 0 fully saturated rings. The molecule has 5 heteroatoms. The summed E-state index contributed by atoms with van der Waals surface area (Å²) in [5.74, 6) is 0.244. The molecule has 0 spiro atoms. The van der Waals surface area contributed by atoms with Gasteiger partial charge in [-0.1, -0.05) is 86.6 Å². The van der Waals surface area contributed by atoms with E-state index in [4.69, 9.17) is 9.72 Å². The smallest absolute Gasteiger partial charge is 0.347 e.